The molecule has 0 spiro atoms. The van der Waals surface area contributed by atoms with Crippen LogP contribution in [0, 0.1) is 11.8 Å². The summed E-state index contributed by atoms with van der Waals surface area (Å²) >= 11 is 1.66. The SMILES string of the molecule is CC1=CC=C2SC(C(=O)C(C)Cc3cccc4ccccc34)=CC12. The molecule has 1 aliphatic carbocycles. The van der Waals surface area contributed by atoms with Crippen molar-refractivity contribution in [3.8, 4) is 0 Å². The van der Waals surface area contributed by atoms with Crippen LogP contribution in [0.2, 0.25) is 0 Å². The first-order valence-electron chi connectivity index (χ1n) is 8.42. The lowest BCUT2D eigenvalue weighted by Gasteiger charge is -2.13. The van der Waals surface area contributed by atoms with Gasteiger partial charge in [-0.3, -0.25) is 4.79 Å². The van der Waals surface area contributed by atoms with Gasteiger partial charge >= 0.3 is 0 Å². The second-order valence-corrected chi connectivity index (χ2v) is 7.81. The smallest absolute Gasteiger partial charge is 0.172 e. The molecule has 2 aromatic rings. The van der Waals surface area contributed by atoms with Gasteiger partial charge in [0.05, 0.1) is 4.91 Å². The minimum atomic E-state index is -0.00160. The van der Waals surface area contributed by atoms with Gasteiger partial charge in [-0.1, -0.05) is 85.0 Å². The zero-order valence-corrected chi connectivity index (χ0v) is 14.8. The number of allylic oxidation sites excluding steroid dienone is 6. The van der Waals surface area contributed by atoms with Crippen LogP contribution in [0.25, 0.3) is 10.8 Å². The third-order valence-electron chi connectivity index (χ3n) is 4.95. The highest BCUT2D eigenvalue weighted by molar-refractivity contribution is 8.07. The molecule has 0 saturated carbocycles. The van der Waals surface area contributed by atoms with Crippen LogP contribution in [0.4, 0.5) is 0 Å². The van der Waals surface area contributed by atoms with Gasteiger partial charge in [-0.15, -0.1) is 0 Å². The first-order valence-corrected chi connectivity index (χ1v) is 9.24. The number of hydrogen-bond donors (Lipinski definition) is 0. The number of rotatable bonds is 4. The maximum absolute atomic E-state index is 12.9. The summed E-state index contributed by atoms with van der Waals surface area (Å²) in [6.45, 7) is 4.19. The molecular weight excluding hydrogens is 312 g/mol. The first kappa shape index (κ1) is 15.5. The van der Waals surface area contributed by atoms with Gasteiger partial charge in [-0.05, 0) is 29.7 Å². The fourth-order valence-electron chi connectivity index (χ4n) is 3.54. The molecule has 24 heavy (non-hydrogen) atoms. The molecule has 2 aromatic carbocycles. The van der Waals surface area contributed by atoms with Crippen molar-refractivity contribution in [2.45, 2.75) is 20.3 Å². The van der Waals surface area contributed by atoms with E-state index in [1.54, 1.807) is 11.8 Å². The Labute approximate surface area is 147 Å². The third-order valence-corrected chi connectivity index (χ3v) is 6.13. The first-order chi connectivity index (χ1) is 11.6. The molecule has 0 radical (unpaired) electrons. The largest absolute Gasteiger partial charge is 0.293 e. The number of fused-ring (bicyclic) bond motifs is 2. The van der Waals surface area contributed by atoms with Crippen LogP contribution < -0.4 is 0 Å². The molecular formula is C22H20OS. The fraction of sp³-hybridized carbons (Fsp3) is 0.227. The Hall–Kier alpha value is -2.06. The van der Waals surface area contributed by atoms with E-state index in [2.05, 4.69) is 74.5 Å². The van der Waals surface area contributed by atoms with E-state index >= 15 is 0 Å². The second-order valence-electron chi connectivity index (χ2n) is 6.70. The van der Waals surface area contributed by atoms with Gasteiger partial charge in [0, 0.05) is 16.7 Å². The van der Waals surface area contributed by atoms with Crippen LogP contribution >= 0.6 is 11.8 Å². The fourth-order valence-corrected chi connectivity index (χ4v) is 4.81. The van der Waals surface area contributed by atoms with Gasteiger partial charge < -0.3 is 0 Å². The highest BCUT2D eigenvalue weighted by atomic mass is 32.2. The summed E-state index contributed by atoms with van der Waals surface area (Å²) in [6, 6.07) is 14.8. The Bertz CT molecular complexity index is 911. The molecule has 1 heterocycles. The number of carbonyl (C=O) groups excluding carboxylic acids is 1. The van der Waals surface area contributed by atoms with E-state index in [1.165, 1.54) is 26.8 Å². The molecule has 1 nitrogen and oxygen atoms in total. The van der Waals surface area contributed by atoms with E-state index in [0.717, 1.165) is 11.3 Å². The highest BCUT2D eigenvalue weighted by Gasteiger charge is 2.31. The van der Waals surface area contributed by atoms with E-state index < -0.39 is 0 Å². The molecule has 0 fully saturated rings. The molecule has 2 aliphatic rings. The molecule has 0 saturated heterocycles. The van der Waals surface area contributed by atoms with Crippen molar-refractivity contribution < 1.29 is 4.79 Å². The van der Waals surface area contributed by atoms with Gasteiger partial charge in [0.2, 0.25) is 0 Å². The Morgan fingerprint density at radius 3 is 2.75 bits per heavy atom. The van der Waals surface area contributed by atoms with Crippen molar-refractivity contribution in [1.29, 1.82) is 0 Å². The minimum absolute atomic E-state index is 0.00160. The normalized spacial score (nSPS) is 20.4. The number of benzene rings is 2. The molecule has 0 amide bonds. The van der Waals surface area contributed by atoms with Crippen molar-refractivity contribution in [1.82, 2.24) is 0 Å². The van der Waals surface area contributed by atoms with E-state index in [1.807, 2.05) is 0 Å². The standard InChI is InChI=1S/C22H20OS/c1-14-10-11-20-19(14)13-21(24-20)22(23)15(2)12-17-8-5-7-16-6-3-4-9-18(16)17/h3-11,13,15,19H,12H2,1-2H3. The van der Waals surface area contributed by atoms with E-state index in [0.29, 0.717) is 5.92 Å². The van der Waals surface area contributed by atoms with Crippen LogP contribution in [-0.4, -0.2) is 5.78 Å². The zero-order valence-electron chi connectivity index (χ0n) is 14.0. The van der Waals surface area contributed by atoms with Gasteiger partial charge in [0.1, 0.15) is 0 Å². The predicted molar refractivity (Wildman–Crippen MR) is 103 cm³/mol. The summed E-state index contributed by atoms with van der Waals surface area (Å²) in [5.74, 6) is 0.619. The molecule has 0 bridgehead atoms. The molecule has 0 N–H and O–H groups in total. The lowest BCUT2D eigenvalue weighted by Crippen LogP contribution is -2.14. The Balaban J connectivity index is 1.55. The third kappa shape index (κ3) is 2.65. The zero-order chi connectivity index (χ0) is 16.7. The van der Waals surface area contributed by atoms with Crippen LogP contribution in [0.15, 0.2) is 76.1 Å². The van der Waals surface area contributed by atoms with Gasteiger partial charge in [-0.25, -0.2) is 0 Å². The molecule has 4 rings (SSSR count). The monoisotopic (exact) mass is 332 g/mol. The summed E-state index contributed by atoms with van der Waals surface area (Å²) in [4.78, 5) is 15.1. The molecule has 2 heteroatoms. The van der Waals surface area contributed by atoms with Gasteiger partial charge in [-0.2, -0.15) is 0 Å². The lowest BCUT2D eigenvalue weighted by atomic mass is 9.92. The number of hydrogen-bond acceptors (Lipinski definition) is 2. The quantitative estimate of drug-likeness (QED) is 0.716. The summed E-state index contributed by atoms with van der Waals surface area (Å²) in [7, 11) is 0. The molecule has 2 unspecified atom stereocenters. The van der Waals surface area contributed by atoms with E-state index in [4.69, 9.17) is 0 Å². The number of ketones is 1. The molecule has 2 atom stereocenters. The molecule has 1 aliphatic heterocycles. The van der Waals surface area contributed by atoms with Crippen molar-refractivity contribution >= 4 is 28.3 Å². The maximum Gasteiger partial charge on any atom is 0.172 e. The predicted octanol–water partition coefficient (Wildman–Crippen LogP) is 5.68. The van der Waals surface area contributed by atoms with Crippen LogP contribution in [0.1, 0.15) is 19.4 Å². The maximum atomic E-state index is 12.9. The Kier molecular flexibility index (Phi) is 3.93. The second kappa shape index (κ2) is 6.10. The Morgan fingerprint density at radius 2 is 1.92 bits per heavy atom. The highest BCUT2D eigenvalue weighted by Crippen LogP contribution is 2.47. The van der Waals surface area contributed by atoms with Crippen molar-refractivity contribution in [2.24, 2.45) is 11.8 Å². The summed E-state index contributed by atoms with van der Waals surface area (Å²) in [5.41, 5.74) is 2.59. The molecule has 120 valence electrons. The van der Waals surface area contributed by atoms with Crippen molar-refractivity contribution in [3.63, 3.8) is 0 Å². The van der Waals surface area contributed by atoms with Crippen LogP contribution in [0.5, 0.6) is 0 Å². The van der Waals surface area contributed by atoms with Gasteiger partial charge in [0.25, 0.3) is 0 Å². The number of thioether (sulfide) groups is 1. The van der Waals surface area contributed by atoms with Crippen molar-refractivity contribution in [2.75, 3.05) is 0 Å². The summed E-state index contributed by atoms with van der Waals surface area (Å²) in [6.07, 6.45) is 7.25. The average Bonchev–Trinajstić information content (AvgIpc) is 3.17. The molecule has 0 aromatic heterocycles. The van der Waals surface area contributed by atoms with E-state index in [9.17, 15) is 4.79 Å². The average molecular weight is 332 g/mol. The van der Waals surface area contributed by atoms with E-state index in [-0.39, 0.29) is 11.7 Å². The van der Waals surface area contributed by atoms with Crippen LogP contribution in [-0.2, 0) is 11.2 Å². The number of Topliss-reactive ketones (excluding diaryl/α,β-unsaturated/α-hetero) is 1. The van der Waals surface area contributed by atoms with Crippen LogP contribution in [0.3, 0.4) is 0 Å². The Morgan fingerprint density at radius 1 is 1.12 bits per heavy atom. The lowest BCUT2D eigenvalue weighted by molar-refractivity contribution is -0.118. The van der Waals surface area contributed by atoms with Crippen molar-refractivity contribution in [3.05, 3.63) is 81.6 Å². The minimum Gasteiger partial charge on any atom is -0.293 e. The summed E-state index contributed by atoms with van der Waals surface area (Å²) in [5, 5.41) is 2.50. The number of carbonyl (C=O) groups is 1. The van der Waals surface area contributed by atoms with Gasteiger partial charge in [0.15, 0.2) is 5.78 Å². The topological polar surface area (TPSA) is 17.1 Å². The summed E-state index contributed by atoms with van der Waals surface area (Å²) < 4.78 is 0.